The van der Waals surface area contributed by atoms with Crippen LogP contribution in [0.15, 0.2) is 9.98 Å². The summed E-state index contributed by atoms with van der Waals surface area (Å²) in [6.45, 7) is 3.68. The minimum absolute atomic E-state index is 0.0893. The molecule has 0 aliphatic heterocycles. The van der Waals surface area contributed by atoms with Crippen LogP contribution in [0.2, 0.25) is 0 Å². The van der Waals surface area contributed by atoms with Crippen molar-refractivity contribution in [1.82, 2.24) is 16.0 Å². The zero-order chi connectivity index (χ0) is 29.4. The number of carbonyl (C=O) groups excluding carboxylic acids is 4. The number of hydrogen-bond acceptors (Lipinski definition) is 8. The van der Waals surface area contributed by atoms with E-state index in [2.05, 4.69) is 25.9 Å². The molecular weight excluding hydrogens is 502 g/mol. The molecule has 0 aliphatic carbocycles. The van der Waals surface area contributed by atoms with E-state index in [9.17, 15) is 29.1 Å². The molecule has 0 heterocycles. The number of nitrogens with two attached hydrogens (primary N) is 6. The predicted molar refractivity (Wildman–Crippen MR) is 140 cm³/mol. The molecule has 0 aromatic carbocycles. The highest BCUT2D eigenvalue weighted by molar-refractivity contribution is 5.95. The van der Waals surface area contributed by atoms with Crippen LogP contribution in [0.5, 0.6) is 0 Å². The summed E-state index contributed by atoms with van der Waals surface area (Å²) in [6.07, 6.45) is 0.414. The van der Waals surface area contributed by atoms with E-state index >= 15 is 0 Å². The van der Waals surface area contributed by atoms with Crippen molar-refractivity contribution in [3.05, 3.63) is 0 Å². The van der Waals surface area contributed by atoms with Crippen LogP contribution in [0.4, 0.5) is 0 Å². The first-order valence-electron chi connectivity index (χ1n) is 11.9. The molecule has 4 atom stereocenters. The average molecular weight is 544 g/mol. The van der Waals surface area contributed by atoms with Crippen molar-refractivity contribution in [2.45, 2.75) is 70.1 Å². The number of guanidine groups is 2. The first-order valence-corrected chi connectivity index (χ1v) is 11.9. The zero-order valence-electron chi connectivity index (χ0n) is 21.7. The van der Waals surface area contributed by atoms with Gasteiger partial charge in [-0.1, -0.05) is 13.8 Å². The fraction of sp³-hybridized carbons (Fsp3) is 0.667. The Hall–Kier alpha value is -4.15. The summed E-state index contributed by atoms with van der Waals surface area (Å²) in [5.74, 6) is -5.29. The summed E-state index contributed by atoms with van der Waals surface area (Å²) in [7, 11) is 0. The number of hydrogen-bond donors (Lipinski definition) is 10. The van der Waals surface area contributed by atoms with Gasteiger partial charge in [0, 0.05) is 13.1 Å². The second-order valence-corrected chi connectivity index (χ2v) is 8.87. The third kappa shape index (κ3) is 14.4. The topological polar surface area (TPSA) is 323 Å². The number of carbonyl (C=O) groups is 5. The highest BCUT2D eigenvalue weighted by atomic mass is 16.4. The summed E-state index contributed by atoms with van der Waals surface area (Å²) in [4.78, 5) is 68.7. The molecule has 0 aromatic rings. The lowest BCUT2D eigenvalue weighted by Crippen LogP contribution is -2.58. The van der Waals surface area contributed by atoms with Crippen molar-refractivity contribution in [1.29, 1.82) is 0 Å². The number of amides is 4. The lowest BCUT2D eigenvalue weighted by Gasteiger charge is -2.27. The van der Waals surface area contributed by atoms with Crippen molar-refractivity contribution < 1.29 is 29.1 Å². The Balaban J connectivity index is 5.51. The Morgan fingerprint density at radius 1 is 0.737 bits per heavy atom. The predicted octanol–water partition coefficient (Wildman–Crippen LogP) is -4.51. The van der Waals surface area contributed by atoms with E-state index in [-0.39, 0.29) is 37.9 Å². The molecule has 0 spiro atoms. The van der Waals surface area contributed by atoms with Gasteiger partial charge in [0.05, 0.1) is 12.5 Å². The van der Waals surface area contributed by atoms with Crippen molar-refractivity contribution in [3.8, 4) is 0 Å². The van der Waals surface area contributed by atoms with Crippen molar-refractivity contribution in [3.63, 3.8) is 0 Å². The lowest BCUT2D eigenvalue weighted by molar-refractivity contribution is -0.144. The second kappa shape index (κ2) is 17.3. The highest BCUT2D eigenvalue weighted by Gasteiger charge is 2.32. The summed E-state index contributed by atoms with van der Waals surface area (Å²) < 4.78 is 0. The monoisotopic (exact) mass is 543 g/mol. The van der Waals surface area contributed by atoms with Gasteiger partial charge in [-0.05, 0) is 31.6 Å². The molecule has 17 heteroatoms. The Labute approximate surface area is 220 Å². The first kappa shape index (κ1) is 33.8. The van der Waals surface area contributed by atoms with Gasteiger partial charge < -0.3 is 55.5 Å². The molecule has 216 valence electrons. The first-order chi connectivity index (χ1) is 17.6. The standard InChI is InChI=1S/C21H41N11O6/c1-10(2)15(18(36)31-13(19(37)38)9-14(23)33)32-17(35)12(6-4-8-29-21(26)27)30-16(34)11(22)5-3-7-28-20(24)25/h10-13,15H,3-9,22H2,1-2H3,(H2,23,33)(H,30,34)(H,31,36)(H,32,35)(H,37,38)(H4,24,25,28)(H4,26,27,29). The van der Waals surface area contributed by atoms with Gasteiger partial charge in [-0.25, -0.2) is 4.79 Å². The lowest BCUT2D eigenvalue weighted by atomic mass is 10.0. The van der Waals surface area contributed by atoms with Crippen LogP contribution in [-0.4, -0.2) is 83.9 Å². The summed E-state index contributed by atoms with van der Waals surface area (Å²) in [5, 5.41) is 16.5. The molecule has 0 saturated carbocycles. The quantitative estimate of drug-likeness (QED) is 0.0446. The Morgan fingerprint density at radius 3 is 1.68 bits per heavy atom. The van der Waals surface area contributed by atoms with Crippen molar-refractivity contribution in [2.24, 2.45) is 50.3 Å². The number of aliphatic imine (C=N–C) groups is 2. The Morgan fingerprint density at radius 2 is 1.24 bits per heavy atom. The number of carboxylic acids is 1. The molecule has 17 nitrogen and oxygen atoms in total. The maximum absolute atomic E-state index is 13.1. The SMILES string of the molecule is CC(C)C(NC(=O)C(CCCN=C(N)N)NC(=O)C(N)CCCN=C(N)N)C(=O)NC(CC(N)=O)C(=O)O. The fourth-order valence-corrected chi connectivity index (χ4v) is 3.15. The number of carboxylic acid groups (broad SMARTS) is 1. The molecule has 38 heavy (non-hydrogen) atoms. The molecule has 0 rings (SSSR count). The van der Waals surface area contributed by atoms with Gasteiger partial charge in [0.1, 0.15) is 18.1 Å². The van der Waals surface area contributed by atoms with Crippen molar-refractivity contribution in [2.75, 3.05) is 13.1 Å². The molecule has 0 saturated heterocycles. The molecular formula is C21H41N11O6. The van der Waals surface area contributed by atoms with Gasteiger partial charge >= 0.3 is 5.97 Å². The molecule has 0 bridgehead atoms. The number of nitrogens with one attached hydrogen (secondary N) is 3. The third-order valence-corrected chi connectivity index (χ3v) is 5.15. The van der Waals surface area contributed by atoms with E-state index < -0.39 is 66.1 Å². The van der Waals surface area contributed by atoms with Gasteiger partial charge in [0.2, 0.25) is 23.6 Å². The summed E-state index contributed by atoms with van der Waals surface area (Å²) >= 11 is 0. The average Bonchev–Trinajstić information content (AvgIpc) is 2.80. The minimum Gasteiger partial charge on any atom is -0.480 e. The van der Waals surface area contributed by atoms with Gasteiger partial charge in [-0.2, -0.15) is 0 Å². The van der Waals surface area contributed by atoms with Gasteiger partial charge in [0.15, 0.2) is 11.9 Å². The molecule has 0 aromatic heterocycles. The van der Waals surface area contributed by atoms with Crippen LogP contribution in [0, 0.1) is 5.92 Å². The summed E-state index contributed by atoms with van der Waals surface area (Å²) in [5.41, 5.74) is 32.1. The largest absolute Gasteiger partial charge is 0.480 e. The Bertz CT molecular complexity index is 885. The molecule has 4 unspecified atom stereocenters. The van der Waals surface area contributed by atoms with Crippen LogP contribution in [0.25, 0.3) is 0 Å². The maximum Gasteiger partial charge on any atom is 0.326 e. The van der Waals surface area contributed by atoms with Crippen molar-refractivity contribution >= 4 is 41.5 Å². The third-order valence-electron chi connectivity index (χ3n) is 5.15. The van der Waals surface area contributed by atoms with Gasteiger partial charge in [0.25, 0.3) is 0 Å². The van der Waals surface area contributed by atoms with Crippen LogP contribution < -0.4 is 50.4 Å². The van der Waals surface area contributed by atoms with E-state index in [4.69, 9.17) is 34.4 Å². The fourth-order valence-electron chi connectivity index (χ4n) is 3.15. The smallest absolute Gasteiger partial charge is 0.326 e. The van der Waals surface area contributed by atoms with Crippen LogP contribution in [0.3, 0.4) is 0 Å². The second-order valence-electron chi connectivity index (χ2n) is 8.87. The number of primary amides is 1. The molecule has 0 fully saturated rings. The molecule has 0 radical (unpaired) electrons. The van der Waals surface area contributed by atoms with Crippen LogP contribution >= 0.6 is 0 Å². The van der Waals surface area contributed by atoms with E-state index in [1.807, 2.05) is 0 Å². The number of rotatable bonds is 18. The normalized spacial score (nSPS) is 13.8. The van der Waals surface area contributed by atoms with E-state index in [1.165, 1.54) is 0 Å². The molecule has 16 N–H and O–H groups in total. The number of aliphatic carboxylic acids is 1. The van der Waals surface area contributed by atoms with Crippen LogP contribution in [0.1, 0.15) is 46.0 Å². The zero-order valence-corrected chi connectivity index (χ0v) is 21.7. The van der Waals surface area contributed by atoms with Gasteiger partial charge in [-0.15, -0.1) is 0 Å². The van der Waals surface area contributed by atoms with E-state index in [0.29, 0.717) is 12.8 Å². The maximum atomic E-state index is 13.1. The Kier molecular flexibility index (Phi) is 15.4. The van der Waals surface area contributed by atoms with E-state index in [1.54, 1.807) is 13.8 Å². The molecule has 4 amide bonds. The minimum atomic E-state index is -1.58. The van der Waals surface area contributed by atoms with Gasteiger partial charge in [-0.3, -0.25) is 29.2 Å². The number of nitrogens with zero attached hydrogens (tertiary/aromatic N) is 2. The highest BCUT2D eigenvalue weighted by Crippen LogP contribution is 2.07. The summed E-state index contributed by atoms with van der Waals surface area (Å²) in [6, 6.07) is -4.85. The molecule has 0 aliphatic rings. The van der Waals surface area contributed by atoms with E-state index in [0.717, 1.165) is 0 Å². The van der Waals surface area contributed by atoms with Crippen LogP contribution in [-0.2, 0) is 24.0 Å².